The lowest BCUT2D eigenvalue weighted by atomic mass is 9.94. The van der Waals surface area contributed by atoms with Crippen LogP contribution in [0, 0.1) is 18.7 Å². The molecule has 1 aliphatic heterocycles. The molecule has 0 fully saturated rings. The van der Waals surface area contributed by atoms with Gasteiger partial charge in [0.1, 0.15) is 11.5 Å². The minimum atomic E-state index is -4.64. The van der Waals surface area contributed by atoms with Gasteiger partial charge in [0.25, 0.3) is 0 Å². The van der Waals surface area contributed by atoms with Crippen molar-refractivity contribution in [2.45, 2.75) is 38.9 Å². The van der Waals surface area contributed by atoms with Crippen LogP contribution in [0.4, 0.5) is 23.2 Å². The molecule has 0 bridgehead atoms. The number of pyridine rings is 1. The van der Waals surface area contributed by atoms with Crippen LogP contribution < -0.4 is 9.75 Å². The van der Waals surface area contributed by atoms with Crippen molar-refractivity contribution in [2.24, 2.45) is 11.0 Å². The van der Waals surface area contributed by atoms with Gasteiger partial charge in [0.05, 0.1) is 31.5 Å². The van der Waals surface area contributed by atoms with E-state index in [1.54, 1.807) is 24.3 Å². The zero-order chi connectivity index (χ0) is 26.9. The molecule has 2 atom stereocenters. The first-order valence-corrected chi connectivity index (χ1v) is 11.5. The van der Waals surface area contributed by atoms with Crippen LogP contribution in [0.2, 0.25) is 0 Å². The molecule has 194 valence electrons. The third-order valence-corrected chi connectivity index (χ3v) is 6.50. The van der Waals surface area contributed by atoms with Crippen molar-refractivity contribution in [2.75, 3.05) is 12.1 Å². The Balaban J connectivity index is 1.55. The van der Waals surface area contributed by atoms with E-state index in [0.29, 0.717) is 29.1 Å². The highest BCUT2D eigenvalue weighted by Crippen LogP contribution is 2.36. The molecule has 0 unspecified atom stereocenters. The molecule has 0 saturated carbocycles. The van der Waals surface area contributed by atoms with Crippen molar-refractivity contribution in [3.05, 3.63) is 77.2 Å². The van der Waals surface area contributed by atoms with Crippen LogP contribution >= 0.6 is 0 Å². The van der Waals surface area contributed by atoms with E-state index in [2.05, 4.69) is 10.1 Å². The Labute approximate surface area is 211 Å². The van der Waals surface area contributed by atoms with Crippen LogP contribution in [0.5, 0.6) is 5.88 Å². The Morgan fingerprint density at radius 1 is 1.14 bits per heavy atom. The number of aliphatic carboxylic acids is 1. The first-order valence-electron chi connectivity index (χ1n) is 11.5. The lowest BCUT2D eigenvalue weighted by Crippen LogP contribution is -2.36. The number of carboxylic acid groups (broad SMARTS) is 1. The number of carboxylic acids is 1. The topological polar surface area (TPSA) is 75.0 Å². The molecule has 1 N–H and O–H groups in total. The number of hydrogen-bond donors (Lipinski definition) is 1. The predicted molar refractivity (Wildman–Crippen MR) is 131 cm³/mol. The Morgan fingerprint density at radius 2 is 1.84 bits per heavy atom. The summed E-state index contributed by atoms with van der Waals surface area (Å²) in [6.07, 6.45) is -3.45. The van der Waals surface area contributed by atoms with Gasteiger partial charge in [0, 0.05) is 17.5 Å². The Bertz CT molecular complexity index is 1340. The fourth-order valence-electron chi connectivity index (χ4n) is 4.48. The van der Waals surface area contributed by atoms with E-state index < -0.39 is 42.1 Å². The van der Waals surface area contributed by atoms with Gasteiger partial charge in [-0.15, -0.1) is 0 Å². The summed E-state index contributed by atoms with van der Waals surface area (Å²) >= 11 is 0. The molecule has 4 rings (SSSR count). The maximum Gasteiger partial charge on any atom is 0.431 e. The van der Waals surface area contributed by atoms with Crippen LogP contribution in [-0.4, -0.2) is 41.1 Å². The van der Waals surface area contributed by atoms with Crippen LogP contribution in [0.3, 0.4) is 0 Å². The third kappa shape index (κ3) is 5.58. The molecule has 0 spiro atoms. The molecule has 1 aromatic heterocycles. The lowest BCUT2D eigenvalue weighted by molar-refractivity contribution is -0.137. The SMILES string of the molecule is COc1cc(-c2ccc(Cc3ccc(N4N=C(C(F)(F)F)[C@@H](C)[C@@H]4CC(=O)O)cc3)c(C)c2)c(F)cn1. The number of methoxy groups -OCH3 is 1. The number of aryl methyl sites for hydroxylation is 1. The van der Waals surface area contributed by atoms with Gasteiger partial charge < -0.3 is 9.84 Å². The van der Waals surface area contributed by atoms with Gasteiger partial charge in [-0.25, -0.2) is 9.37 Å². The highest BCUT2D eigenvalue weighted by Gasteiger charge is 2.48. The van der Waals surface area contributed by atoms with E-state index in [9.17, 15) is 27.5 Å². The molecule has 0 saturated heterocycles. The van der Waals surface area contributed by atoms with Crippen molar-refractivity contribution in [1.29, 1.82) is 0 Å². The summed E-state index contributed by atoms with van der Waals surface area (Å²) in [6.45, 7) is 3.26. The van der Waals surface area contributed by atoms with E-state index in [4.69, 9.17) is 4.74 Å². The number of ether oxygens (including phenoxy) is 1. The molecule has 10 heteroatoms. The summed E-state index contributed by atoms with van der Waals surface area (Å²) in [6, 6.07) is 13.0. The van der Waals surface area contributed by atoms with Crippen molar-refractivity contribution in [3.63, 3.8) is 0 Å². The molecule has 1 aliphatic rings. The van der Waals surface area contributed by atoms with Gasteiger partial charge in [-0.1, -0.05) is 37.3 Å². The van der Waals surface area contributed by atoms with Gasteiger partial charge in [-0.05, 0) is 47.7 Å². The number of halogens is 4. The number of rotatable bonds is 7. The van der Waals surface area contributed by atoms with Crippen LogP contribution in [0.1, 0.15) is 30.0 Å². The van der Waals surface area contributed by atoms with Gasteiger partial charge in [0.2, 0.25) is 5.88 Å². The number of aromatic nitrogens is 1. The number of alkyl halides is 3. The number of benzene rings is 2. The van der Waals surface area contributed by atoms with E-state index in [0.717, 1.165) is 27.9 Å². The summed E-state index contributed by atoms with van der Waals surface area (Å²) in [5.41, 5.74) is 3.29. The number of hydrazone groups is 1. The van der Waals surface area contributed by atoms with Crippen molar-refractivity contribution in [1.82, 2.24) is 4.98 Å². The Hall–Kier alpha value is -3.95. The van der Waals surface area contributed by atoms with Crippen molar-refractivity contribution >= 4 is 17.4 Å². The second-order valence-electron chi connectivity index (χ2n) is 8.97. The van der Waals surface area contributed by atoms with E-state index in [-0.39, 0.29) is 0 Å². The van der Waals surface area contributed by atoms with Gasteiger partial charge >= 0.3 is 12.1 Å². The average molecular weight is 516 g/mol. The minimum Gasteiger partial charge on any atom is -0.481 e. The third-order valence-electron chi connectivity index (χ3n) is 6.50. The van der Waals surface area contributed by atoms with Crippen LogP contribution in [-0.2, 0) is 11.2 Å². The minimum absolute atomic E-state index is 0.308. The maximum absolute atomic E-state index is 14.3. The molecular formula is C27H25F4N3O3. The quantitative estimate of drug-likeness (QED) is 0.390. The first kappa shape index (κ1) is 26.1. The van der Waals surface area contributed by atoms with Crippen molar-refractivity contribution in [3.8, 4) is 17.0 Å². The molecule has 2 aromatic carbocycles. The summed E-state index contributed by atoms with van der Waals surface area (Å²) < 4.78 is 59.7. The first-order chi connectivity index (χ1) is 17.5. The highest BCUT2D eigenvalue weighted by atomic mass is 19.4. The predicted octanol–water partition coefficient (Wildman–Crippen LogP) is 6.01. The molecule has 37 heavy (non-hydrogen) atoms. The van der Waals surface area contributed by atoms with Gasteiger partial charge in [-0.3, -0.25) is 9.80 Å². The normalized spacial score (nSPS) is 17.6. The van der Waals surface area contributed by atoms with Crippen LogP contribution in [0.25, 0.3) is 11.1 Å². The number of anilines is 1. The second kappa shape index (κ2) is 10.2. The Morgan fingerprint density at radius 3 is 2.43 bits per heavy atom. The largest absolute Gasteiger partial charge is 0.481 e. The lowest BCUT2D eigenvalue weighted by Gasteiger charge is -2.25. The van der Waals surface area contributed by atoms with E-state index in [1.165, 1.54) is 20.1 Å². The highest BCUT2D eigenvalue weighted by molar-refractivity contribution is 5.96. The molecule has 3 aromatic rings. The molecule has 0 radical (unpaired) electrons. The van der Waals surface area contributed by atoms with E-state index in [1.807, 2.05) is 25.1 Å². The molecule has 2 heterocycles. The fraction of sp³-hybridized carbons (Fsp3) is 0.296. The smallest absolute Gasteiger partial charge is 0.431 e. The summed E-state index contributed by atoms with van der Waals surface area (Å²) in [5, 5.41) is 14.1. The maximum atomic E-state index is 14.3. The molecular weight excluding hydrogens is 490 g/mol. The average Bonchev–Trinajstić information content (AvgIpc) is 3.17. The summed E-state index contributed by atoms with van der Waals surface area (Å²) in [7, 11) is 1.46. The van der Waals surface area contributed by atoms with Gasteiger partial charge in [0.15, 0.2) is 0 Å². The molecule has 0 amide bonds. The summed E-state index contributed by atoms with van der Waals surface area (Å²) in [5.74, 6) is -2.43. The van der Waals surface area contributed by atoms with E-state index >= 15 is 0 Å². The summed E-state index contributed by atoms with van der Waals surface area (Å²) in [4.78, 5) is 15.2. The standard InChI is InChI=1S/C27H25F4N3O3/c1-15-10-19(21-12-24(37-3)32-14-22(21)28)7-6-18(15)11-17-4-8-20(9-5-17)34-23(13-25(35)36)16(2)26(33-34)27(29,30)31/h4-10,12,14,16,23H,11,13H2,1-3H3,(H,35,36)/t16-,23-/m0/s1. The van der Waals surface area contributed by atoms with Crippen molar-refractivity contribution < 1.29 is 32.2 Å². The number of nitrogens with zero attached hydrogens (tertiary/aromatic N) is 3. The van der Waals surface area contributed by atoms with Crippen LogP contribution in [0.15, 0.2) is 59.8 Å². The fourth-order valence-corrected chi connectivity index (χ4v) is 4.48. The van der Waals surface area contributed by atoms with Gasteiger partial charge in [-0.2, -0.15) is 18.3 Å². The number of carbonyl (C=O) groups is 1. The second-order valence-corrected chi connectivity index (χ2v) is 8.97. The number of hydrogen-bond acceptors (Lipinski definition) is 5. The molecule has 6 nitrogen and oxygen atoms in total. The zero-order valence-corrected chi connectivity index (χ0v) is 20.4. The monoisotopic (exact) mass is 515 g/mol. The Kier molecular flexibility index (Phi) is 7.20. The zero-order valence-electron chi connectivity index (χ0n) is 20.4. The molecule has 0 aliphatic carbocycles.